The Hall–Kier alpha value is -1.09. The molecule has 0 amide bonds. The van der Waals surface area contributed by atoms with Crippen LogP contribution >= 0.6 is 0 Å². The van der Waals surface area contributed by atoms with Gasteiger partial charge in [0.05, 0.1) is 13.2 Å². The first-order valence-electron chi connectivity index (χ1n) is 4.79. The summed E-state index contributed by atoms with van der Waals surface area (Å²) >= 11 is 0. The quantitative estimate of drug-likeness (QED) is 0.743. The molecule has 1 aromatic carbocycles. The van der Waals surface area contributed by atoms with Crippen molar-refractivity contribution in [3.05, 3.63) is 29.3 Å². The lowest BCUT2D eigenvalue weighted by Gasteiger charge is -2.26. The summed E-state index contributed by atoms with van der Waals surface area (Å²) in [5, 5.41) is 0. The van der Waals surface area contributed by atoms with Crippen molar-refractivity contribution < 1.29 is 9.13 Å². The molecule has 0 fully saturated rings. The van der Waals surface area contributed by atoms with Gasteiger partial charge < -0.3 is 10.5 Å². The second-order valence-electron chi connectivity index (χ2n) is 3.61. The third-order valence-corrected chi connectivity index (χ3v) is 2.81. The van der Waals surface area contributed by atoms with E-state index in [4.69, 9.17) is 10.5 Å². The smallest absolute Gasteiger partial charge is 0.122 e. The van der Waals surface area contributed by atoms with Gasteiger partial charge in [-0.05, 0) is 30.0 Å². The molecule has 14 heavy (non-hydrogen) atoms. The highest BCUT2D eigenvalue weighted by Crippen LogP contribution is 2.35. The zero-order chi connectivity index (χ0) is 10.1. The molecule has 0 heterocycles. The zero-order valence-corrected chi connectivity index (χ0v) is 8.16. The highest BCUT2D eigenvalue weighted by molar-refractivity contribution is 5.43. The van der Waals surface area contributed by atoms with Crippen LogP contribution in [0.3, 0.4) is 0 Å². The van der Waals surface area contributed by atoms with Gasteiger partial charge in [-0.2, -0.15) is 0 Å². The minimum Gasteiger partial charge on any atom is -0.496 e. The summed E-state index contributed by atoms with van der Waals surface area (Å²) in [6.07, 6.45) is 0.289. The Bertz CT molecular complexity index is 340. The molecular formula is C11H14FNO. The fraction of sp³-hybridized carbons (Fsp3) is 0.455. The van der Waals surface area contributed by atoms with Gasteiger partial charge in [0.15, 0.2) is 0 Å². The second kappa shape index (κ2) is 3.58. The maximum atomic E-state index is 13.3. The largest absolute Gasteiger partial charge is 0.496 e. The SMILES string of the molecule is COc1cccc2c1CC[C@H](F)[C@H]2N. The number of hydrogen-bond donors (Lipinski definition) is 1. The molecule has 3 heteroatoms. The molecule has 1 aliphatic rings. The highest BCUT2D eigenvalue weighted by Gasteiger charge is 2.27. The summed E-state index contributed by atoms with van der Waals surface area (Å²) < 4.78 is 18.5. The number of nitrogens with two attached hydrogens (primary N) is 1. The molecule has 2 nitrogen and oxygen atoms in total. The van der Waals surface area contributed by atoms with Gasteiger partial charge in [-0.25, -0.2) is 4.39 Å². The average Bonchev–Trinajstić information content (AvgIpc) is 2.23. The second-order valence-corrected chi connectivity index (χ2v) is 3.61. The number of halogens is 1. The van der Waals surface area contributed by atoms with Crippen molar-refractivity contribution >= 4 is 0 Å². The summed E-state index contributed by atoms with van der Waals surface area (Å²) in [5.74, 6) is 0.824. The molecule has 0 aliphatic heterocycles. The number of hydrogen-bond acceptors (Lipinski definition) is 2. The molecule has 0 bridgehead atoms. The first-order chi connectivity index (χ1) is 6.74. The number of fused-ring (bicyclic) bond motifs is 1. The van der Waals surface area contributed by atoms with Crippen LogP contribution in [0.4, 0.5) is 4.39 Å². The number of alkyl halides is 1. The Morgan fingerprint density at radius 3 is 3.00 bits per heavy atom. The minimum absolute atomic E-state index is 0.492. The fourth-order valence-corrected chi connectivity index (χ4v) is 2.01. The Morgan fingerprint density at radius 1 is 1.50 bits per heavy atom. The number of rotatable bonds is 1. The van der Waals surface area contributed by atoms with E-state index in [1.807, 2.05) is 18.2 Å². The van der Waals surface area contributed by atoms with Crippen LogP contribution in [0.1, 0.15) is 23.6 Å². The summed E-state index contributed by atoms with van der Waals surface area (Å²) in [7, 11) is 1.63. The lowest BCUT2D eigenvalue weighted by Crippen LogP contribution is -2.28. The van der Waals surface area contributed by atoms with E-state index in [1.54, 1.807) is 7.11 Å². The Kier molecular flexibility index (Phi) is 2.42. The predicted octanol–water partition coefficient (Wildman–Crippen LogP) is 1.98. The van der Waals surface area contributed by atoms with Crippen LogP contribution < -0.4 is 10.5 Å². The standard InChI is InChI=1S/C11H14FNO/c1-14-10-4-2-3-8-7(10)5-6-9(12)11(8)13/h2-4,9,11H,5-6,13H2,1H3/t9-,11-/m0/s1. The third-order valence-electron chi connectivity index (χ3n) is 2.81. The van der Waals surface area contributed by atoms with E-state index in [0.717, 1.165) is 16.9 Å². The molecule has 76 valence electrons. The first kappa shape index (κ1) is 9.46. The topological polar surface area (TPSA) is 35.2 Å². The van der Waals surface area contributed by atoms with Gasteiger partial charge in [0.25, 0.3) is 0 Å². The Balaban J connectivity index is 2.47. The third kappa shape index (κ3) is 1.38. The molecular weight excluding hydrogens is 181 g/mol. The zero-order valence-electron chi connectivity index (χ0n) is 8.16. The van der Waals surface area contributed by atoms with E-state index in [0.29, 0.717) is 12.8 Å². The molecule has 2 atom stereocenters. The number of methoxy groups -OCH3 is 1. The number of ether oxygens (including phenoxy) is 1. The molecule has 1 aromatic rings. The van der Waals surface area contributed by atoms with Crippen LogP contribution in [0.5, 0.6) is 5.75 Å². The molecule has 2 N–H and O–H groups in total. The van der Waals surface area contributed by atoms with Crippen molar-refractivity contribution in [1.82, 2.24) is 0 Å². The maximum absolute atomic E-state index is 13.3. The van der Waals surface area contributed by atoms with Crippen LogP contribution in [0.25, 0.3) is 0 Å². The van der Waals surface area contributed by atoms with Gasteiger partial charge in [-0.1, -0.05) is 12.1 Å². The van der Waals surface area contributed by atoms with Gasteiger partial charge in [-0.15, -0.1) is 0 Å². The molecule has 0 aromatic heterocycles. The lowest BCUT2D eigenvalue weighted by molar-refractivity contribution is 0.252. The van der Waals surface area contributed by atoms with Crippen LogP contribution in [-0.4, -0.2) is 13.3 Å². The van der Waals surface area contributed by atoms with Crippen molar-refractivity contribution in [3.8, 4) is 5.75 Å². The van der Waals surface area contributed by atoms with Crippen molar-refractivity contribution in [2.24, 2.45) is 5.73 Å². The fourth-order valence-electron chi connectivity index (χ4n) is 2.01. The van der Waals surface area contributed by atoms with Crippen LogP contribution in [0.15, 0.2) is 18.2 Å². The van der Waals surface area contributed by atoms with Crippen molar-refractivity contribution in [2.75, 3.05) is 7.11 Å². The molecule has 0 unspecified atom stereocenters. The van der Waals surface area contributed by atoms with E-state index < -0.39 is 12.2 Å². The van der Waals surface area contributed by atoms with Gasteiger partial charge in [-0.3, -0.25) is 0 Å². The first-order valence-corrected chi connectivity index (χ1v) is 4.79. The van der Waals surface area contributed by atoms with Gasteiger partial charge >= 0.3 is 0 Å². The number of benzene rings is 1. The van der Waals surface area contributed by atoms with E-state index in [-0.39, 0.29) is 0 Å². The van der Waals surface area contributed by atoms with E-state index in [1.165, 1.54) is 0 Å². The van der Waals surface area contributed by atoms with Gasteiger partial charge in [0.2, 0.25) is 0 Å². The minimum atomic E-state index is -0.922. The van der Waals surface area contributed by atoms with E-state index in [9.17, 15) is 4.39 Å². The molecule has 1 aliphatic carbocycles. The van der Waals surface area contributed by atoms with E-state index >= 15 is 0 Å². The average molecular weight is 195 g/mol. The van der Waals surface area contributed by atoms with Gasteiger partial charge in [0.1, 0.15) is 11.9 Å². The monoisotopic (exact) mass is 195 g/mol. The normalized spacial score (nSPS) is 25.6. The highest BCUT2D eigenvalue weighted by atomic mass is 19.1. The Morgan fingerprint density at radius 2 is 2.29 bits per heavy atom. The molecule has 2 rings (SSSR count). The lowest BCUT2D eigenvalue weighted by atomic mass is 9.86. The van der Waals surface area contributed by atoms with Gasteiger partial charge in [0, 0.05) is 0 Å². The summed E-state index contributed by atoms with van der Waals surface area (Å²) in [6, 6.07) is 5.14. The Labute approximate surface area is 82.9 Å². The summed E-state index contributed by atoms with van der Waals surface area (Å²) in [6.45, 7) is 0. The van der Waals surface area contributed by atoms with Crippen LogP contribution in [0.2, 0.25) is 0 Å². The molecule has 0 saturated carbocycles. The van der Waals surface area contributed by atoms with Crippen molar-refractivity contribution in [3.63, 3.8) is 0 Å². The maximum Gasteiger partial charge on any atom is 0.122 e. The molecule has 0 saturated heterocycles. The summed E-state index contributed by atoms with van der Waals surface area (Å²) in [4.78, 5) is 0. The molecule has 0 radical (unpaired) electrons. The summed E-state index contributed by atoms with van der Waals surface area (Å²) in [5.41, 5.74) is 7.74. The van der Waals surface area contributed by atoms with Crippen molar-refractivity contribution in [2.45, 2.75) is 25.1 Å². The predicted molar refractivity (Wildman–Crippen MR) is 53.1 cm³/mol. The van der Waals surface area contributed by atoms with E-state index in [2.05, 4.69) is 0 Å². The van der Waals surface area contributed by atoms with Crippen LogP contribution in [-0.2, 0) is 6.42 Å². The molecule has 0 spiro atoms. The van der Waals surface area contributed by atoms with Crippen LogP contribution in [0, 0.1) is 0 Å². The van der Waals surface area contributed by atoms with Crippen molar-refractivity contribution in [1.29, 1.82) is 0 Å².